The van der Waals surface area contributed by atoms with Crippen LogP contribution in [0.2, 0.25) is 0 Å². The Morgan fingerprint density at radius 2 is 1.88 bits per heavy atom. The summed E-state index contributed by atoms with van der Waals surface area (Å²) in [4.78, 5) is 21.7. The number of benzene rings is 2. The molecular formula is C16H12N4O4S. The fourth-order valence-corrected chi connectivity index (χ4v) is 2.65. The highest BCUT2D eigenvalue weighted by Gasteiger charge is 2.17. The zero-order valence-corrected chi connectivity index (χ0v) is 13.6. The Morgan fingerprint density at radius 1 is 1.16 bits per heavy atom. The Balaban J connectivity index is 1.82. The number of amidine groups is 1. The van der Waals surface area contributed by atoms with Crippen LogP contribution in [-0.2, 0) is 4.79 Å². The minimum absolute atomic E-state index is 0.112. The molecular weight excluding hydrogens is 344 g/mol. The second-order valence-corrected chi connectivity index (χ2v) is 5.82. The van der Waals surface area contributed by atoms with Gasteiger partial charge in [-0.25, -0.2) is 0 Å². The number of thioether (sulfide) groups is 1. The van der Waals surface area contributed by atoms with E-state index in [0.717, 1.165) is 0 Å². The predicted molar refractivity (Wildman–Crippen MR) is 95.2 cm³/mol. The first-order valence-electron chi connectivity index (χ1n) is 7.17. The van der Waals surface area contributed by atoms with E-state index in [9.17, 15) is 14.9 Å². The number of rotatable bonds is 5. The number of hydrogen-bond acceptors (Lipinski definition) is 7. The number of nitrogens with zero attached hydrogens (tertiary/aromatic N) is 3. The van der Waals surface area contributed by atoms with Gasteiger partial charge in [0.1, 0.15) is 5.75 Å². The largest absolute Gasteiger partial charge is 0.449 e. The van der Waals surface area contributed by atoms with Crippen LogP contribution in [0.1, 0.15) is 5.56 Å². The topological polar surface area (TPSA) is 106 Å². The van der Waals surface area contributed by atoms with E-state index in [0.29, 0.717) is 22.2 Å². The zero-order valence-electron chi connectivity index (χ0n) is 12.8. The van der Waals surface area contributed by atoms with E-state index in [1.165, 1.54) is 30.1 Å². The van der Waals surface area contributed by atoms with Gasteiger partial charge in [0, 0.05) is 11.6 Å². The van der Waals surface area contributed by atoms with Crippen molar-refractivity contribution in [2.24, 2.45) is 10.2 Å². The van der Waals surface area contributed by atoms with Crippen LogP contribution in [0.15, 0.2) is 58.7 Å². The van der Waals surface area contributed by atoms with E-state index in [2.05, 4.69) is 15.5 Å². The van der Waals surface area contributed by atoms with Crippen LogP contribution in [0.4, 0.5) is 5.69 Å². The van der Waals surface area contributed by atoms with Crippen molar-refractivity contribution in [2.75, 3.05) is 5.75 Å². The second kappa shape index (κ2) is 7.58. The molecule has 1 N–H and O–H groups in total. The summed E-state index contributed by atoms with van der Waals surface area (Å²) in [6, 6.07) is 13.1. The standard InChI is InChI=1S/C16H12N4O4S/c21-15-10-25-16(18-15)19-17-9-11-5-1-3-7-13(11)24-14-8-4-2-6-12(14)20(22)23/h1-9H,10H2,(H,18,19,21). The second-order valence-electron chi connectivity index (χ2n) is 4.85. The van der Waals surface area contributed by atoms with Gasteiger partial charge in [-0.1, -0.05) is 36.0 Å². The number of hydrogen-bond donors (Lipinski definition) is 1. The molecule has 2 aromatic rings. The lowest BCUT2D eigenvalue weighted by Crippen LogP contribution is -2.19. The zero-order chi connectivity index (χ0) is 17.6. The van der Waals surface area contributed by atoms with Crippen molar-refractivity contribution in [1.82, 2.24) is 5.32 Å². The van der Waals surface area contributed by atoms with Gasteiger partial charge < -0.3 is 10.1 Å². The number of nitro benzene ring substituents is 1. The Bertz CT molecular complexity index is 882. The Labute approximate surface area is 146 Å². The summed E-state index contributed by atoms with van der Waals surface area (Å²) in [6.07, 6.45) is 1.46. The fourth-order valence-electron chi connectivity index (χ4n) is 2.02. The summed E-state index contributed by atoms with van der Waals surface area (Å²) >= 11 is 1.27. The maximum absolute atomic E-state index is 11.1. The molecule has 0 bridgehead atoms. The molecule has 0 atom stereocenters. The van der Waals surface area contributed by atoms with Crippen LogP contribution < -0.4 is 10.1 Å². The minimum Gasteiger partial charge on any atom is -0.449 e. The molecule has 25 heavy (non-hydrogen) atoms. The molecule has 126 valence electrons. The first kappa shape index (κ1) is 16.7. The monoisotopic (exact) mass is 356 g/mol. The van der Waals surface area contributed by atoms with Gasteiger partial charge in [0.2, 0.25) is 11.7 Å². The highest BCUT2D eigenvalue weighted by atomic mass is 32.2. The van der Waals surface area contributed by atoms with Crippen molar-refractivity contribution in [1.29, 1.82) is 0 Å². The van der Waals surface area contributed by atoms with Crippen molar-refractivity contribution in [3.05, 3.63) is 64.2 Å². The third-order valence-corrected chi connectivity index (χ3v) is 4.00. The van der Waals surface area contributed by atoms with Crippen LogP contribution in [0.5, 0.6) is 11.5 Å². The molecule has 1 aliphatic rings. The van der Waals surface area contributed by atoms with Gasteiger partial charge in [0.25, 0.3) is 0 Å². The van der Waals surface area contributed by atoms with Gasteiger partial charge in [-0.2, -0.15) is 5.10 Å². The van der Waals surface area contributed by atoms with Gasteiger partial charge in [0.05, 0.1) is 16.9 Å². The maximum Gasteiger partial charge on any atom is 0.311 e. The lowest BCUT2D eigenvalue weighted by Gasteiger charge is -2.08. The third kappa shape index (κ3) is 4.21. The normalized spacial score (nSPS) is 15.5. The highest BCUT2D eigenvalue weighted by Crippen LogP contribution is 2.32. The summed E-state index contributed by atoms with van der Waals surface area (Å²) in [5.41, 5.74) is 0.471. The van der Waals surface area contributed by atoms with Crippen molar-refractivity contribution < 1.29 is 14.5 Å². The fraction of sp³-hybridized carbons (Fsp3) is 0.0625. The number of nitro groups is 1. The van der Waals surface area contributed by atoms with E-state index in [1.807, 2.05) is 0 Å². The van der Waals surface area contributed by atoms with Crippen molar-refractivity contribution in [2.45, 2.75) is 0 Å². The molecule has 0 unspecified atom stereocenters. The Hall–Kier alpha value is -3.20. The van der Waals surface area contributed by atoms with E-state index in [4.69, 9.17) is 4.74 Å². The summed E-state index contributed by atoms with van der Waals surface area (Å²) in [5.74, 6) is 0.757. The molecule has 0 saturated carbocycles. The molecule has 8 nitrogen and oxygen atoms in total. The molecule has 1 saturated heterocycles. The molecule has 1 fully saturated rings. The molecule has 1 heterocycles. The predicted octanol–water partition coefficient (Wildman–Crippen LogP) is 2.94. The average molecular weight is 356 g/mol. The van der Waals surface area contributed by atoms with Crippen molar-refractivity contribution in [3.8, 4) is 11.5 Å². The van der Waals surface area contributed by atoms with Crippen molar-refractivity contribution >= 4 is 34.7 Å². The molecule has 2 aromatic carbocycles. The van der Waals surface area contributed by atoms with E-state index < -0.39 is 4.92 Å². The maximum atomic E-state index is 11.1. The van der Waals surface area contributed by atoms with Gasteiger partial charge in [-0.15, -0.1) is 5.10 Å². The number of carbonyl (C=O) groups excluding carboxylic acids is 1. The van der Waals surface area contributed by atoms with Crippen LogP contribution in [-0.4, -0.2) is 28.0 Å². The number of carbonyl (C=O) groups is 1. The SMILES string of the molecule is O=C1CSC(=NN=Cc2ccccc2Oc2ccccc2[N+](=O)[O-])N1. The van der Waals surface area contributed by atoms with Gasteiger partial charge >= 0.3 is 5.69 Å². The molecule has 0 radical (unpaired) electrons. The first-order valence-corrected chi connectivity index (χ1v) is 8.16. The molecule has 0 aliphatic carbocycles. The molecule has 1 aliphatic heterocycles. The lowest BCUT2D eigenvalue weighted by molar-refractivity contribution is -0.385. The highest BCUT2D eigenvalue weighted by molar-refractivity contribution is 8.15. The molecule has 0 aromatic heterocycles. The van der Waals surface area contributed by atoms with Crippen LogP contribution in [0.25, 0.3) is 0 Å². The molecule has 3 rings (SSSR count). The minimum atomic E-state index is -0.502. The van der Waals surface area contributed by atoms with Crippen LogP contribution in [0, 0.1) is 10.1 Å². The average Bonchev–Trinajstić information content (AvgIpc) is 3.02. The number of para-hydroxylation sites is 3. The van der Waals surface area contributed by atoms with Gasteiger partial charge in [-0.05, 0) is 18.2 Å². The molecule has 0 spiro atoms. The Morgan fingerprint density at radius 3 is 2.60 bits per heavy atom. The summed E-state index contributed by atoms with van der Waals surface area (Å²) in [5, 5.41) is 21.9. The van der Waals surface area contributed by atoms with Gasteiger partial charge in [-0.3, -0.25) is 14.9 Å². The third-order valence-electron chi connectivity index (χ3n) is 3.13. The Kier molecular flexibility index (Phi) is 5.05. The summed E-state index contributed by atoms with van der Waals surface area (Å²) in [7, 11) is 0. The summed E-state index contributed by atoms with van der Waals surface area (Å²) < 4.78 is 5.69. The number of nitrogens with one attached hydrogen (secondary N) is 1. The number of ether oxygens (including phenoxy) is 1. The lowest BCUT2D eigenvalue weighted by atomic mass is 10.2. The van der Waals surface area contributed by atoms with Crippen LogP contribution in [0.3, 0.4) is 0 Å². The summed E-state index contributed by atoms with van der Waals surface area (Å²) in [6.45, 7) is 0. The van der Waals surface area contributed by atoms with E-state index in [-0.39, 0.29) is 17.3 Å². The van der Waals surface area contributed by atoms with E-state index in [1.54, 1.807) is 36.4 Å². The van der Waals surface area contributed by atoms with Crippen molar-refractivity contribution in [3.63, 3.8) is 0 Å². The van der Waals surface area contributed by atoms with E-state index >= 15 is 0 Å². The molecule has 9 heteroatoms. The smallest absolute Gasteiger partial charge is 0.311 e. The molecule has 1 amide bonds. The quantitative estimate of drug-likeness (QED) is 0.504. The number of amides is 1. The van der Waals surface area contributed by atoms with Crippen LogP contribution >= 0.6 is 11.8 Å². The first-order chi connectivity index (χ1) is 12.1. The van der Waals surface area contributed by atoms with Gasteiger partial charge in [0.15, 0.2) is 5.17 Å².